The standard InChI is InChI=1S/C12H14N2O/c1-8-4-6-11(7-5-8)14-12(15)9(2)10(3)13-14/h4-7,15H,1-3H3. The molecule has 0 saturated heterocycles. The fourth-order valence-electron chi connectivity index (χ4n) is 1.46. The third-order valence-corrected chi connectivity index (χ3v) is 2.61. The Morgan fingerprint density at radius 3 is 2.13 bits per heavy atom. The molecule has 1 N–H and O–H groups in total. The fourth-order valence-corrected chi connectivity index (χ4v) is 1.46. The highest BCUT2D eigenvalue weighted by Crippen LogP contribution is 2.23. The second-order valence-electron chi connectivity index (χ2n) is 3.78. The first-order valence-corrected chi connectivity index (χ1v) is 4.92. The van der Waals surface area contributed by atoms with Gasteiger partial charge in [-0.1, -0.05) is 17.7 Å². The molecule has 1 aromatic heterocycles. The quantitative estimate of drug-likeness (QED) is 0.771. The van der Waals surface area contributed by atoms with E-state index in [1.165, 1.54) is 5.56 Å². The van der Waals surface area contributed by atoms with Crippen LogP contribution >= 0.6 is 0 Å². The normalized spacial score (nSPS) is 10.6. The minimum absolute atomic E-state index is 0.219. The van der Waals surface area contributed by atoms with Gasteiger partial charge in [0, 0.05) is 5.56 Å². The molecule has 0 saturated carbocycles. The second-order valence-corrected chi connectivity index (χ2v) is 3.78. The minimum atomic E-state index is 0.219. The summed E-state index contributed by atoms with van der Waals surface area (Å²) in [4.78, 5) is 0. The molecule has 15 heavy (non-hydrogen) atoms. The lowest BCUT2D eigenvalue weighted by molar-refractivity contribution is 0.430. The van der Waals surface area contributed by atoms with E-state index >= 15 is 0 Å². The van der Waals surface area contributed by atoms with Gasteiger partial charge >= 0.3 is 0 Å². The summed E-state index contributed by atoms with van der Waals surface area (Å²) in [5, 5.41) is 14.1. The summed E-state index contributed by atoms with van der Waals surface area (Å²) >= 11 is 0. The van der Waals surface area contributed by atoms with Gasteiger partial charge < -0.3 is 5.11 Å². The van der Waals surface area contributed by atoms with Crippen molar-refractivity contribution in [3.63, 3.8) is 0 Å². The zero-order valence-electron chi connectivity index (χ0n) is 9.15. The van der Waals surface area contributed by atoms with Gasteiger partial charge in [0.1, 0.15) is 0 Å². The highest BCUT2D eigenvalue weighted by Gasteiger charge is 2.10. The number of aromatic hydroxyl groups is 1. The van der Waals surface area contributed by atoms with Crippen LogP contribution in [0.1, 0.15) is 16.8 Å². The Hall–Kier alpha value is -1.77. The van der Waals surface area contributed by atoms with Gasteiger partial charge in [-0.3, -0.25) is 0 Å². The number of hydrogen-bond acceptors (Lipinski definition) is 2. The summed E-state index contributed by atoms with van der Waals surface area (Å²) < 4.78 is 1.56. The third-order valence-electron chi connectivity index (χ3n) is 2.61. The van der Waals surface area contributed by atoms with Crippen molar-refractivity contribution in [3.8, 4) is 11.6 Å². The van der Waals surface area contributed by atoms with Gasteiger partial charge in [0.2, 0.25) is 5.88 Å². The Morgan fingerprint density at radius 2 is 1.67 bits per heavy atom. The lowest BCUT2D eigenvalue weighted by atomic mass is 10.2. The molecule has 78 valence electrons. The van der Waals surface area contributed by atoms with Crippen LogP contribution in [0.4, 0.5) is 0 Å². The molecule has 0 radical (unpaired) electrons. The molecular formula is C12H14N2O. The van der Waals surface area contributed by atoms with Crippen LogP contribution in [-0.2, 0) is 0 Å². The zero-order chi connectivity index (χ0) is 11.0. The fraction of sp³-hybridized carbons (Fsp3) is 0.250. The van der Waals surface area contributed by atoms with E-state index < -0.39 is 0 Å². The van der Waals surface area contributed by atoms with Crippen molar-refractivity contribution in [3.05, 3.63) is 41.1 Å². The van der Waals surface area contributed by atoms with Gasteiger partial charge in [0.25, 0.3) is 0 Å². The van der Waals surface area contributed by atoms with Crippen LogP contribution in [0.25, 0.3) is 5.69 Å². The highest BCUT2D eigenvalue weighted by atomic mass is 16.3. The van der Waals surface area contributed by atoms with E-state index in [9.17, 15) is 5.11 Å². The smallest absolute Gasteiger partial charge is 0.217 e. The second kappa shape index (κ2) is 3.42. The van der Waals surface area contributed by atoms with Crippen LogP contribution in [0.2, 0.25) is 0 Å². The molecule has 1 aromatic carbocycles. The average Bonchev–Trinajstić information content (AvgIpc) is 2.47. The van der Waals surface area contributed by atoms with Crippen LogP contribution in [0.5, 0.6) is 5.88 Å². The van der Waals surface area contributed by atoms with Crippen molar-refractivity contribution >= 4 is 0 Å². The largest absolute Gasteiger partial charge is 0.493 e. The summed E-state index contributed by atoms with van der Waals surface area (Å²) in [6.07, 6.45) is 0. The molecule has 0 fully saturated rings. The van der Waals surface area contributed by atoms with Gasteiger partial charge in [-0.2, -0.15) is 5.10 Å². The Morgan fingerprint density at radius 1 is 1.07 bits per heavy atom. The van der Waals surface area contributed by atoms with E-state index in [-0.39, 0.29) is 5.88 Å². The van der Waals surface area contributed by atoms with E-state index in [1.54, 1.807) is 4.68 Å². The zero-order valence-corrected chi connectivity index (χ0v) is 9.15. The Kier molecular flexibility index (Phi) is 2.23. The number of hydrogen-bond donors (Lipinski definition) is 1. The van der Waals surface area contributed by atoms with Crippen molar-refractivity contribution in [2.45, 2.75) is 20.8 Å². The molecule has 0 bridgehead atoms. The Balaban J connectivity index is 2.54. The molecular weight excluding hydrogens is 188 g/mol. The Labute approximate surface area is 89.0 Å². The van der Waals surface area contributed by atoms with Crippen molar-refractivity contribution in [2.75, 3.05) is 0 Å². The number of nitrogens with zero attached hydrogens (tertiary/aromatic N) is 2. The lowest BCUT2D eigenvalue weighted by Gasteiger charge is -2.03. The predicted molar refractivity (Wildman–Crippen MR) is 59.4 cm³/mol. The number of aromatic nitrogens is 2. The average molecular weight is 202 g/mol. The van der Waals surface area contributed by atoms with Crippen LogP contribution in [0, 0.1) is 20.8 Å². The van der Waals surface area contributed by atoms with Crippen LogP contribution in [-0.4, -0.2) is 14.9 Å². The van der Waals surface area contributed by atoms with Gasteiger partial charge in [-0.05, 0) is 32.9 Å². The molecule has 0 unspecified atom stereocenters. The summed E-state index contributed by atoms with van der Waals surface area (Å²) in [5.74, 6) is 0.219. The van der Waals surface area contributed by atoms with Crippen LogP contribution in [0.15, 0.2) is 24.3 Å². The van der Waals surface area contributed by atoms with Gasteiger partial charge in [0.15, 0.2) is 0 Å². The molecule has 1 heterocycles. The SMILES string of the molecule is Cc1ccc(-n2nc(C)c(C)c2O)cc1. The van der Waals surface area contributed by atoms with Crippen LogP contribution < -0.4 is 0 Å². The molecule has 3 nitrogen and oxygen atoms in total. The predicted octanol–water partition coefficient (Wildman–Crippen LogP) is 2.50. The van der Waals surface area contributed by atoms with Crippen molar-refractivity contribution in [2.24, 2.45) is 0 Å². The summed E-state index contributed by atoms with van der Waals surface area (Å²) in [6.45, 7) is 5.78. The lowest BCUT2D eigenvalue weighted by Crippen LogP contribution is -1.95. The van der Waals surface area contributed by atoms with Crippen LogP contribution in [0.3, 0.4) is 0 Å². The maximum atomic E-state index is 9.84. The van der Waals surface area contributed by atoms with Gasteiger partial charge in [-0.25, -0.2) is 4.68 Å². The van der Waals surface area contributed by atoms with Gasteiger partial charge in [0.05, 0.1) is 11.4 Å². The summed E-state index contributed by atoms with van der Waals surface area (Å²) in [7, 11) is 0. The first-order valence-electron chi connectivity index (χ1n) is 4.92. The number of rotatable bonds is 1. The van der Waals surface area contributed by atoms with E-state index in [2.05, 4.69) is 5.10 Å². The molecule has 0 aliphatic heterocycles. The third kappa shape index (κ3) is 1.61. The minimum Gasteiger partial charge on any atom is -0.493 e. The van der Waals surface area contributed by atoms with E-state index in [4.69, 9.17) is 0 Å². The summed E-state index contributed by atoms with van der Waals surface area (Å²) in [5.41, 5.74) is 3.76. The monoisotopic (exact) mass is 202 g/mol. The molecule has 0 aliphatic carbocycles. The topological polar surface area (TPSA) is 38.0 Å². The van der Waals surface area contributed by atoms with E-state index in [0.717, 1.165) is 16.9 Å². The number of aryl methyl sites for hydroxylation is 2. The number of benzene rings is 1. The molecule has 0 spiro atoms. The van der Waals surface area contributed by atoms with E-state index in [1.807, 2.05) is 45.0 Å². The van der Waals surface area contributed by atoms with Crippen molar-refractivity contribution in [1.82, 2.24) is 9.78 Å². The van der Waals surface area contributed by atoms with Crippen molar-refractivity contribution in [1.29, 1.82) is 0 Å². The molecule has 0 atom stereocenters. The maximum Gasteiger partial charge on any atom is 0.217 e. The first-order chi connectivity index (χ1) is 7.09. The van der Waals surface area contributed by atoms with E-state index in [0.29, 0.717) is 0 Å². The maximum absolute atomic E-state index is 9.84. The Bertz CT molecular complexity index is 483. The molecule has 2 aromatic rings. The van der Waals surface area contributed by atoms with Gasteiger partial charge in [-0.15, -0.1) is 0 Å². The molecule has 3 heteroatoms. The highest BCUT2D eigenvalue weighted by molar-refractivity contribution is 5.40. The molecule has 2 rings (SSSR count). The summed E-state index contributed by atoms with van der Waals surface area (Å²) in [6, 6.07) is 7.89. The molecule has 0 amide bonds. The first kappa shape index (κ1) is 9.77. The van der Waals surface area contributed by atoms with Crippen molar-refractivity contribution < 1.29 is 5.11 Å². The molecule has 0 aliphatic rings.